The van der Waals surface area contributed by atoms with E-state index in [0.717, 1.165) is 35.6 Å². The second-order valence-electron chi connectivity index (χ2n) is 6.90. The zero-order chi connectivity index (χ0) is 17.8. The van der Waals surface area contributed by atoms with Crippen molar-refractivity contribution >= 4 is 11.7 Å². The lowest BCUT2D eigenvalue weighted by atomic mass is 9.94. The Morgan fingerprint density at radius 2 is 1.77 bits per heavy atom. The van der Waals surface area contributed by atoms with Crippen LogP contribution in [0, 0.1) is 0 Å². The van der Waals surface area contributed by atoms with E-state index in [1.807, 2.05) is 53.4 Å². The number of rotatable bonds is 4. The zero-order valence-corrected chi connectivity index (χ0v) is 14.8. The van der Waals surface area contributed by atoms with Crippen molar-refractivity contribution in [2.24, 2.45) is 0 Å². The van der Waals surface area contributed by atoms with Gasteiger partial charge < -0.3 is 19.7 Å². The first kappa shape index (κ1) is 16.8. The van der Waals surface area contributed by atoms with E-state index in [-0.39, 0.29) is 18.9 Å². The van der Waals surface area contributed by atoms with E-state index < -0.39 is 0 Å². The molecule has 0 bridgehead atoms. The molecule has 1 aliphatic heterocycles. The molecule has 0 radical (unpaired) electrons. The molecule has 4 rings (SSSR count). The molecule has 136 valence electrons. The van der Waals surface area contributed by atoms with Gasteiger partial charge in [0.25, 0.3) is 0 Å². The number of carbonyl (C=O) groups is 1. The fourth-order valence-electron chi connectivity index (χ4n) is 3.71. The lowest BCUT2D eigenvalue weighted by molar-refractivity contribution is 0.162. The third-order valence-electron chi connectivity index (χ3n) is 5.09. The highest BCUT2D eigenvalue weighted by molar-refractivity contribution is 5.89. The summed E-state index contributed by atoms with van der Waals surface area (Å²) in [5.74, 6) is 1.53. The predicted octanol–water partition coefficient (Wildman–Crippen LogP) is 4.78. The number of urea groups is 1. The molecule has 1 heterocycles. The Balaban J connectivity index is 1.53. The summed E-state index contributed by atoms with van der Waals surface area (Å²) >= 11 is 0. The first-order valence-electron chi connectivity index (χ1n) is 9.31. The Bertz CT molecular complexity index is 757. The number of fused-ring (bicyclic) bond motifs is 1. The number of anilines is 1. The standard InChI is InChI=1S/C21H24N2O3/c24-21(22-17-7-3-1-4-8-17)23(18-9-5-2-6-10-18)14-16-11-12-19-20(13-16)26-15-25-19/h1,3-4,7-8,11-13,18H,2,5-6,9-10,14-15H2,(H,22,24). The molecule has 5 heteroatoms. The van der Waals surface area contributed by atoms with Crippen molar-refractivity contribution < 1.29 is 14.3 Å². The SMILES string of the molecule is O=C(Nc1ccccc1)N(Cc1ccc2c(c1)OCO2)C1CCCCC1. The maximum Gasteiger partial charge on any atom is 0.322 e. The summed E-state index contributed by atoms with van der Waals surface area (Å²) in [5, 5.41) is 3.04. The fourth-order valence-corrected chi connectivity index (χ4v) is 3.71. The molecule has 26 heavy (non-hydrogen) atoms. The highest BCUT2D eigenvalue weighted by atomic mass is 16.7. The smallest absolute Gasteiger partial charge is 0.322 e. The molecule has 1 N–H and O–H groups in total. The second-order valence-corrected chi connectivity index (χ2v) is 6.90. The molecule has 0 unspecified atom stereocenters. The lowest BCUT2D eigenvalue weighted by Gasteiger charge is -2.34. The van der Waals surface area contributed by atoms with Gasteiger partial charge in [0, 0.05) is 18.3 Å². The number of nitrogens with zero attached hydrogens (tertiary/aromatic N) is 1. The number of carbonyl (C=O) groups excluding carboxylic acids is 1. The Kier molecular flexibility index (Phi) is 4.95. The summed E-state index contributed by atoms with van der Waals surface area (Å²) in [5.41, 5.74) is 1.88. The van der Waals surface area contributed by atoms with Gasteiger partial charge in [0.15, 0.2) is 11.5 Å². The molecule has 5 nitrogen and oxygen atoms in total. The van der Waals surface area contributed by atoms with Crippen LogP contribution < -0.4 is 14.8 Å². The molecule has 1 saturated carbocycles. The highest BCUT2D eigenvalue weighted by Crippen LogP contribution is 2.33. The van der Waals surface area contributed by atoms with Crippen LogP contribution in [-0.2, 0) is 6.54 Å². The molecular formula is C21H24N2O3. The van der Waals surface area contributed by atoms with Crippen LogP contribution in [-0.4, -0.2) is 23.8 Å². The van der Waals surface area contributed by atoms with Crippen LogP contribution in [0.5, 0.6) is 11.5 Å². The third-order valence-corrected chi connectivity index (χ3v) is 5.09. The number of para-hydroxylation sites is 1. The van der Waals surface area contributed by atoms with Gasteiger partial charge in [0.2, 0.25) is 6.79 Å². The zero-order valence-electron chi connectivity index (χ0n) is 14.8. The van der Waals surface area contributed by atoms with Crippen molar-refractivity contribution in [1.82, 2.24) is 4.90 Å². The highest BCUT2D eigenvalue weighted by Gasteiger charge is 2.26. The van der Waals surface area contributed by atoms with Crippen LogP contribution in [0.2, 0.25) is 0 Å². The van der Waals surface area contributed by atoms with Crippen molar-refractivity contribution in [3.63, 3.8) is 0 Å². The quantitative estimate of drug-likeness (QED) is 0.861. The number of ether oxygens (including phenoxy) is 2. The van der Waals surface area contributed by atoms with Gasteiger partial charge in [-0.3, -0.25) is 0 Å². The molecule has 0 spiro atoms. The van der Waals surface area contributed by atoms with E-state index in [0.29, 0.717) is 6.54 Å². The van der Waals surface area contributed by atoms with Gasteiger partial charge in [0.05, 0.1) is 0 Å². The Morgan fingerprint density at radius 1 is 1.00 bits per heavy atom. The predicted molar refractivity (Wildman–Crippen MR) is 100 cm³/mol. The van der Waals surface area contributed by atoms with Crippen LogP contribution in [0.25, 0.3) is 0 Å². The maximum absolute atomic E-state index is 13.0. The lowest BCUT2D eigenvalue weighted by Crippen LogP contribution is -2.43. The maximum atomic E-state index is 13.0. The summed E-state index contributed by atoms with van der Waals surface area (Å²) < 4.78 is 10.9. The Hall–Kier alpha value is -2.69. The van der Waals surface area contributed by atoms with Gasteiger partial charge in [-0.25, -0.2) is 4.79 Å². The molecule has 2 aromatic carbocycles. The van der Waals surface area contributed by atoms with Crippen molar-refractivity contribution in [3.8, 4) is 11.5 Å². The van der Waals surface area contributed by atoms with Gasteiger partial charge in [-0.15, -0.1) is 0 Å². The number of amides is 2. The van der Waals surface area contributed by atoms with Crippen LogP contribution in [0.3, 0.4) is 0 Å². The van der Waals surface area contributed by atoms with E-state index in [1.54, 1.807) is 0 Å². The number of nitrogens with one attached hydrogen (secondary N) is 1. The minimum atomic E-state index is -0.0410. The summed E-state index contributed by atoms with van der Waals surface area (Å²) in [7, 11) is 0. The van der Waals surface area contributed by atoms with E-state index >= 15 is 0 Å². The van der Waals surface area contributed by atoms with Crippen molar-refractivity contribution in [2.75, 3.05) is 12.1 Å². The van der Waals surface area contributed by atoms with Crippen LogP contribution in [0.4, 0.5) is 10.5 Å². The van der Waals surface area contributed by atoms with E-state index in [9.17, 15) is 4.79 Å². The number of hydrogen-bond donors (Lipinski definition) is 1. The normalized spacial score (nSPS) is 16.3. The molecule has 2 aliphatic rings. The summed E-state index contributed by atoms with van der Waals surface area (Å²) in [4.78, 5) is 15.0. The minimum Gasteiger partial charge on any atom is -0.454 e. The molecule has 1 aliphatic carbocycles. The van der Waals surface area contributed by atoms with E-state index in [4.69, 9.17) is 9.47 Å². The van der Waals surface area contributed by atoms with Gasteiger partial charge in [-0.2, -0.15) is 0 Å². The van der Waals surface area contributed by atoms with Gasteiger partial charge >= 0.3 is 6.03 Å². The molecule has 0 aromatic heterocycles. The summed E-state index contributed by atoms with van der Waals surface area (Å²) in [6.07, 6.45) is 5.75. The monoisotopic (exact) mass is 352 g/mol. The minimum absolute atomic E-state index is 0.0410. The van der Waals surface area contributed by atoms with Crippen LogP contribution in [0.15, 0.2) is 48.5 Å². The van der Waals surface area contributed by atoms with Gasteiger partial charge in [-0.05, 0) is 42.7 Å². The van der Waals surface area contributed by atoms with E-state index in [1.165, 1.54) is 19.3 Å². The van der Waals surface area contributed by atoms with Crippen LogP contribution >= 0.6 is 0 Å². The van der Waals surface area contributed by atoms with Crippen molar-refractivity contribution in [3.05, 3.63) is 54.1 Å². The fraction of sp³-hybridized carbons (Fsp3) is 0.381. The largest absolute Gasteiger partial charge is 0.454 e. The Labute approximate surface area is 153 Å². The molecular weight excluding hydrogens is 328 g/mol. The molecule has 0 saturated heterocycles. The first-order valence-corrected chi connectivity index (χ1v) is 9.31. The second kappa shape index (κ2) is 7.68. The molecule has 2 amide bonds. The van der Waals surface area contributed by atoms with Gasteiger partial charge in [0.1, 0.15) is 0 Å². The number of hydrogen-bond acceptors (Lipinski definition) is 3. The summed E-state index contributed by atoms with van der Waals surface area (Å²) in [6, 6.07) is 15.8. The van der Waals surface area contributed by atoms with E-state index in [2.05, 4.69) is 5.32 Å². The first-order chi connectivity index (χ1) is 12.8. The summed E-state index contributed by atoms with van der Waals surface area (Å²) in [6.45, 7) is 0.833. The number of benzene rings is 2. The topological polar surface area (TPSA) is 50.8 Å². The van der Waals surface area contributed by atoms with Crippen LogP contribution in [0.1, 0.15) is 37.7 Å². The average Bonchev–Trinajstić information content (AvgIpc) is 3.15. The Morgan fingerprint density at radius 3 is 2.58 bits per heavy atom. The molecule has 2 aromatic rings. The average molecular weight is 352 g/mol. The molecule has 0 atom stereocenters. The molecule has 1 fully saturated rings. The van der Waals surface area contributed by atoms with Gasteiger partial charge in [-0.1, -0.05) is 43.5 Å². The van der Waals surface area contributed by atoms with Crippen molar-refractivity contribution in [1.29, 1.82) is 0 Å². The third kappa shape index (κ3) is 3.77. The van der Waals surface area contributed by atoms with Crippen molar-refractivity contribution in [2.45, 2.75) is 44.7 Å².